The van der Waals surface area contributed by atoms with Crippen LogP contribution in [-0.4, -0.2) is 27.5 Å². The molecule has 23 heavy (non-hydrogen) atoms. The summed E-state index contributed by atoms with van der Waals surface area (Å²) in [5, 5.41) is 13.6. The van der Waals surface area contributed by atoms with Gasteiger partial charge in [0.25, 0.3) is 5.91 Å². The molecule has 2 aromatic rings. The number of carbonyl (C=O) groups excluding carboxylic acids is 1. The summed E-state index contributed by atoms with van der Waals surface area (Å²) in [4.78, 5) is 27.2. The van der Waals surface area contributed by atoms with E-state index in [-0.39, 0.29) is 10.7 Å². The molecule has 1 aromatic heterocycles. The van der Waals surface area contributed by atoms with Crippen molar-refractivity contribution >= 4 is 46.0 Å². The maximum atomic E-state index is 12.6. The molecule has 7 heteroatoms. The van der Waals surface area contributed by atoms with Crippen molar-refractivity contribution in [3.63, 3.8) is 0 Å². The molecule has 0 atom stereocenters. The molecule has 0 bridgehead atoms. The van der Waals surface area contributed by atoms with E-state index in [1.54, 1.807) is 18.2 Å². The molecule has 1 aliphatic rings. The number of rotatable bonds is 3. The molecule has 0 unspecified atom stereocenters. The van der Waals surface area contributed by atoms with Gasteiger partial charge in [0.1, 0.15) is 11.2 Å². The SMILES string of the molecule is O=C(NC1(C(=O)O)CCCCC1)c1[nH]c2ccc(Cl)cc2c1Cl. The Hall–Kier alpha value is -1.72. The summed E-state index contributed by atoms with van der Waals surface area (Å²) in [6.45, 7) is 0. The molecule has 0 saturated heterocycles. The molecule has 1 heterocycles. The molecule has 0 spiro atoms. The van der Waals surface area contributed by atoms with E-state index in [1.165, 1.54) is 0 Å². The summed E-state index contributed by atoms with van der Waals surface area (Å²) in [5.41, 5.74) is -0.374. The molecule has 5 nitrogen and oxygen atoms in total. The highest BCUT2D eigenvalue weighted by atomic mass is 35.5. The number of fused-ring (bicyclic) bond motifs is 1. The summed E-state index contributed by atoms with van der Waals surface area (Å²) in [7, 11) is 0. The molecule has 1 aliphatic carbocycles. The Morgan fingerprint density at radius 3 is 2.52 bits per heavy atom. The van der Waals surface area contributed by atoms with Crippen LogP contribution in [0.3, 0.4) is 0 Å². The number of carboxylic acids is 1. The van der Waals surface area contributed by atoms with E-state index in [0.29, 0.717) is 28.8 Å². The van der Waals surface area contributed by atoms with Crippen molar-refractivity contribution in [3.8, 4) is 0 Å². The van der Waals surface area contributed by atoms with E-state index >= 15 is 0 Å². The van der Waals surface area contributed by atoms with Crippen molar-refractivity contribution in [3.05, 3.63) is 33.9 Å². The fraction of sp³-hybridized carbons (Fsp3) is 0.375. The third-order valence-corrected chi connectivity index (χ3v) is 5.02. The number of halogens is 2. The van der Waals surface area contributed by atoms with Crippen LogP contribution in [0.4, 0.5) is 0 Å². The highest BCUT2D eigenvalue weighted by molar-refractivity contribution is 6.39. The number of aliphatic carboxylic acids is 1. The molecular weight excluding hydrogens is 339 g/mol. The summed E-state index contributed by atoms with van der Waals surface area (Å²) in [6.07, 6.45) is 3.40. The van der Waals surface area contributed by atoms with Crippen LogP contribution in [0.15, 0.2) is 18.2 Å². The average Bonchev–Trinajstić information content (AvgIpc) is 2.85. The van der Waals surface area contributed by atoms with Gasteiger partial charge in [-0.25, -0.2) is 4.79 Å². The van der Waals surface area contributed by atoms with Crippen LogP contribution in [-0.2, 0) is 4.79 Å². The van der Waals surface area contributed by atoms with Gasteiger partial charge in [-0.2, -0.15) is 0 Å². The van der Waals surface area contributed by atoms with Gasteiger partial charge >= 0.3 is 5.97 Å². The lowest BCUT2D eigenvalue weighted by atomic mass is 9.81. The van der Waals surface area contributed by atoms with Gasteiger partial charge in [-0.15, -0.1) is 0 Å². The predicted octanol–water partition coefficient (Wildman–Crippen LogP) is 3.99. The number of carbonyl (C=O) groups is 2. The van der Waals surface area contributed by atoms with E-state index < -0.39 is 17.4 Å². The van der Waals surface area contributed by atoms with E-state index in [4.69, 9.17) is 23.2 Å². The van der Waals surface area contributed by atoms with Gasteiger partial charge in [0, 0.05) is 15.9 Å². The number of hydrogen-bond acceptors (Lipinski definition) is 2. The fourth-order valence-electron chi connectivity index (χ4n) is 3.12. The van der Waals surface area contributed by atoms with Crippen molar-refractivity contribution in [1.82, 2.24) is 10.3 Å². The second kappa shape index (κ2) is 6.06. The highest BCUT2D eigenvalue weighted by Crippen LogP contribution is 2.32. The first-order chi connectivity index (χ1) is 10.9. The first-order valence-corrected chi connectivity index (χ1v) is 8.21. The van der Waals surface area contributed by atoms with E-state index in [2.05, 4.69) is 10.3 Å². The van der Waals surface area contributed by atoms with Crippen LogP contribution in [0.1, 0.15) is 42.6 Å². The maximum absolute atomic E-state index is 12.6. The summed E-state index contributed by atoms with van der Waals surface area (Å²) >= 11 is 12.2. The van der Waals surface area contributed by atoms with Crippen molar-refractivity contribution in [2.45, 2.75) is 37.6 Å². The number of hydrogen-bond donors (Lipinski definition) is 3. The molecular formula is C16H16Cl2N2O3. The van der Waals surface area contributed by atoms with Crippen LogP contribution in [0.25, 0.3) is 10.9 Å². The number of aromatic nitrogens is 1. The van der Waals surface area contributed by atoms with E-state index in [9.17, 15) is 14.7 Å². The Morgan fingerprint density at radius 2 is 1.87 bits per heavy atom. The van der Waals surface area contributed by atoms with Crippen molar-refractivity contribution in [1.29, 1.82) is 0 Å². The molecule has 1 fully saturated rings. The summed E-state index contributed by atoms with van der Waals surface area (Å²) < 4.78 is 0. The van der Waals surface area contributed by atoms with Crippen molar-refractivity contribution in [2.24, 2.45) is 0 Å². The van der Waals surface area contributed by atoms with Gasteiger partial charge in [-0.05, 0) is 31.0 Å². The van der Waals surface area contributed by atoms with E-state index in [1.807, 2.05) is 0 Å². The molecule has 1 aromatic carbocycles. The lowest BCUT2D eigenvalue weighted by Gasteiger charge is -2.33. The second-order valence-corrected chi connectivity index (χ2v) is 6.72. The lowest BCUT2D eigenvalue weighted by molar-refractivity contribution is -0.145. The monoisotopic (exact) mass is 354 g/mol. The molecule has 3 N–H and O–H groups in total. The molecule has 0 aliphatic heterocycles. The zero-order valence-electron chi connectivity index (χ0n) is 12.3. The Balaban J connectivity index is 1.94. The number of aromatic amines is 1. The summed E-state index contributed by atoms with van der Waals surface area (Å²) in [6, 6.07) is 5.09. The second-order valence-electron chi connectivity index (χ2n) is 5.91. The first-order valence-electron chi connectivity index (χ1n) is 7.45. The molecule has 1 amide bonds. The highest BCUT2D eigenvalue weighted by Gasteiger charge is 2.41. The van der Waals surface area contributed by atoms with Crippen molar-refractivity contribution < 1.29 is 14.7 Å². The van der Waals surface area contributed by atoms with Crippen molar-refractivity contribution in [2.75, 3.05) is 0 Å². The topological polar surface area (TPSA) is 82.2 Å². The number of nitrogens with one attached hydrogen (secondary N) is 2. The summed E-state index contributed by atoms with van der Waals surface area (Å²) in [5.74, 6) is -1.51. The van der Waals surface area contributed by atoms with Crippen LogP contribution in [0.2, 0.25) is 10.0 Å². The van der Waals surface area contributed by atoms with Gasteiger partial charge < -0.3 is 15.4 Å². The quantitative estimate of drug-likeness (QED) is 0.779. The first kappa shape index (κ1) is 16.1. The fourth-order valence-corrected chi connectivity index (χ4v) is 3.58. The normalized spacial score (nSPS) is 17.1. The molecule has 1 saturated carbocycles. The standard InChI is InChI=1S/C16H16Cl2N2O3/c17-9-4-5-11-10(8-9)12(18)13(19-11)14(21)20-16(15(22)23)6-2-1-3-7-16/h4-5,8,19H,1-3,6-7H2,(H,20,21)(H,22,23). The van der Waals surface area contributed by atoms with Gasteiger partial charge in [-0.3, -0.25) is 4.79 Å². The zero-order chi connectivity index (χ0) is 16.6. The van der Waals surface area contributed by atoms with Gasteiger partial charge in [0.2, 0.25) is 0 Å². The Morgan fingerprint density at radius 1 is 1.17 bits per heavy atom. The van der Waals surface area contributed by atoms with Crippen LogP contribution in [0.5, 0.6) is 0 Å². The Labute approximate surface area is 143 Å². The average molecular weight is 355 g/mol. The number of benzene rings is 1. The number of carboxylic acid groups (broad SMARTS) is 1. The Bertz CT molecular complexity index is 779. The van der Waals surface area contributed by atoms with Gasteiger partial charge in [0.05, 0.1) is 5.02 Å². The molecule has 122 valence electrons. The molecule has 0 radical (unpaired) electrons. The number of H-pyrrole nitrogens is 1. The number of amides is 1. The largest absolute Gasteiger partial charge is 0.480 e. The smallest absolute Gasteiger partial charge is 0.329 e. The minimum Gasteiger partial charge on any atom is -0.480 e. The minimum atomic E-state index is -1.21. The maximum Gasteiger partial charge on any atom is 0.329 e. The third kappa shape index (κ3) is 2.91. The minimum absolute atomic E-state index is 0.162. The van der Waals surface area contributed by atoms with Crippen LogP contribution < -0.4 is 5.32 Å². The predicted molar refractivity (Wildman–Crippen MR) is 89.2 cm³/mol. The van der Waals surface area contributed by atoms with Crippen LogP contribution >= 0.6 is 23.2 Å². The van der Waals surface area contributed by atoms with Gasteiger partial charge in [-0.1, -0.05) is 42.5 Å². The Kier molecular flexibility index (Phi) is 4.25. The van der Waals surface area contributed by atoms with Crippen LogP contribution in [0, 0.1) is 0 Å². The lowest BCUT2D eigenvalue weighted by Crippen LogP contribution is -2.55. The third-order valence-electron chi connectivity index (χ3n) is 4.39. The molecule has 3 rings (SSSR count). The zero-order valence-corrected chi connectivity index (χ0v) is 13.8. The van der Waals surface area contributed by atoms with Gasteiger partial charge in [0.15, 0.2) is 0 Å². The van der Waals surface area contributed by atoms with E-state index in [0.717, 1.165) is 19.3 Å².